The molecule has 0 heterocycles. The van der Waals surface area contributed by atoms with Crippen LogP contribution in [0.3, 0.4) is 0 Å². The second-order valence-corrected chi connectivity index (χ2v) is 3.48. The predicted octanol–water partition coefficient (Wildman–Crippen LogP) is 1.79. The van der Waals surface area contributed by atoms with E-state index in [4.69, 9.17) is 0 Å². The van der Waals surface area contributed by atoms with Crippen molar-refractivity contribution in [2.75, 3.05) is 0 Å². The van der Waals surface area contributed by atoms with Gasteiger partial charge < -0.3 is 5.11 Å². The van der Waals surface area contributed by atoms with Crippen LogP contribution in [0.5, 0.6) is 0 Å². The Kier molecular flexibility index (Phi) is 3.48. The number of hydrogen-bond donors (Lipinski definition) is 0. The summed E-state index contributed by atoms with van der Waals surface area (Å²) in [7, 11) is 0. The summed E-state index contributed by atoms with van der Waals surface area (Å²) >= 11 is 0. The lowest BCUT2D eigenvalue weighted by Crippen LogP contribution is -2.24. The third-order valence-corrected chi connectivity index (χ3v) is 1.81. The van der Waals surface area contributed by atoms with Crippen LogP contribution >= 0.6 is 0 Å². The minimum atomic E-state index is 0.0741. The van der Waals surface area contributed by atoms with Crippen molar-refractivity contribution in [3.63, 3.8) is 0 Å². The molecule has 60 valence electrons. The van der Waals surface area contributed by atoms with Crippen molar-refractivity contribution >= 4 is 0 Å². The Morgan fingerprint density at radius 1 is 1.10 bits per heavy atom. The van der Waals surface area contributed by atoms with Crippen LogP contribution in [0.4, 0.5) is 0 Å². The largest absolute Gasteiger partial charge is 0.876 e. The van der Waals surface area contributed by atoms with Gasteiger partial charge in [0.15, 0.2) is 0 Å². The van der Waals surface area contributed by atoms with Gasteiger partial charge in [-0.2, -0.15) is 0 Å². The number of allylic oxidation sites excluding steroid dienone is 1. The monoisotopic (exact) mass is 141 g/mol. The molecule has 0 amide bonds. The van der Waals surface area contributed by atoms with Crippen LogP contribution < -0.4 is 5.11 Å². The van der Waals surface area contributed by atoms with Gasteiger partial charge in [-0.1, -0.05) is 27.7 Å². The molecule has 0 spiro atoms. The van der Waals surface area contributed by atoms with Crippen molar-refractivity contribution in [3.05, 3.63) is 12.3 Å². The molecule has 1 heteroatoms. The molecule has 0 unspecified atom stereocenters. The summed E-state index contributed by atoms with van der Waals surface area (Å²) in [5.41, 5.74) is 0. The molecule has 1 nitrogen and oxygen atoms in total. The maximum Gasteiger partial charge on any atom is -0.0265 e. The predicted molar refractivity (Wildman–Crippen MR) is 42.3 cm³/mol. The SMILES string of the molecule is C=C([O-])C(C(C)C)C(C)C. The molecular formula is C9H17O-. The van der Waals surface area contributed by atoms with Crippen molar-refractivity contribution < 1.29 is 5.11 Å². The Morgan fingerprint density at radius 2 is 1.40 bits per heavy atom. The molecule has 0 N–H and O–H groups in total. The van der Waals surface area contributed by atoms with Crippen LogP contribution in [0, 0.1) is 17.8 Å². The molecule has 10 heavy (non-hydrogen) atoms. The summed E-state index contributed by atoms with van der Waals surface area (Å²) in [4.78, 5) is 0. The van der Waals surface area contributed by atoms with Crippen LogP contribution in [0.15, 0.2) is 12.3 Å². The van der Waals surface area contributed by atoms with E-state index < -0.39 is 0 Å². The summed E-state index contributed by atoms with van der Waals surface area (Å²) in [6.45, 7) is 11.7. The lowest BCUT2D eigenvalue weighted by Gasteiger charge is -2.30. The molecule has 0 rings (SSSR count). The Balaban J connectivity index is 4.12. The molecule has 0 aromatic carbocycles. The van der Waals surface area contributed by atoms with Crippen LogP contribution in [-0.4, -0.2) is 0 Å². The maximum absolute atomic E-state index is 10.9. The van der Waals surface area contributed by atoms with E-state index in [2.05, 4.69) is 34.3 Å². The molecule has 0 aliphatic heterocycles. The van der Waals surface area contributed by atoms with Gasteiger partial charge in [0.1, 0.15) is 0 Å². The quantitative estimate of drug-likeness (QED) is 0.549. The lowest BCUT2D eigenvalue weighted by atomic mass is 9.84. The van der Waals surface area contributed by atoms with Gasteiger partial charge in [-0.25, -0.2) is 0 Å². The van der Waals surface area contributed by atoms with E-state index in [1.165, 1.54) is 0 Å². The Hall–Kier alpha value is -0.460. The van der Waals surface area contributed by atoms with Crippen molar-refractivity contribution in [2.45, 2.75) is 27.7 Å². The van der Waals surface area contributed by atoms with Crippen molar-refractivity contribution in [2.24, 2.45) is 17.8 Å². The highest BCUT2D eigenvalue weighted by molar-refractivity contribution is 4.90. The van der Waals surface area contributed by atoms with Gasteiger partial charge in [-0.3, -0.25) is 0 Å². The first kappa shape index (κ1) is 9.54. The molecule has 0 aliphatic carbocycles. The van der Waals surface area contributed by atoms with Gasteiger partial charge in [0.2, 0.25) is 0 Å². The van der Waals surface area contributed by atoms with Crippen LogP contribution in [-0.2, 0) is 0 Å². The van der Waals surface area contributed by atoms with Gasteiger partial charge in [0.25, 0.3) is 0 Å². The summed E-state index contributed by atoms with van der Waals surface area (Å²) in [6.07, 6.45) is 0. The van der Waals surface area contributed by atoms with Gasteiger partial charge in [0, 0.05) is 0 Å². The molecule has 0 radical (unpaired) electrons. The zero-order chi connectivity index (χ0) is 8.31. The Bertz CT molecular complexity index is 106. The first-order valence-electron chi connectivity index (χ1n) is 3.82. The third-order valence-electron chi connectivity index (χ3n) is 1.81. The van der Waals surface area contributed by atoms with E-state index in [1.54, 1.807) is 0 Å². The minimum Gasteiger partial charge on any atom is -0.876 e. The van der Waals surface area contributed by atoms with Gasteiger partial charge in [0.05, 0.1) is 0 Å². The molecule has 0 aromatic rings. The fraction of sp³-hybridized carbons (Fsp3) is 0.778. The Morgan fingerprint density at radius 3 is 1.40 bits per heavy atom. The second kappa shape index (κ2) is 3.65. The molecule has 0 aromatic heterocycles. The molecule has 0 saturated heterocycles. The van der Waals surface area contributed by atoms with E-state index in [1.807, 2.05) is 0 Å². The highest BCUT2D eigenvalue weighted by Crippen LogP contribution is 2.23. The maximum atomic E-state index is 10.9. The van der Waals surface area contributed by atoms with Crippen molar-refractivity contribution in [3.8, 4) is 0 Å². The fourth-order valence-corrected chi connectivity index (χ4v) is 1.51. The van der Waals surface area contributed by atoms with Gasteiger partial charge in [-0.05, 0) is 17.8 Å². The average molecular weight is 141 g/mol. The van der Waals surface area contributed by atoms with E-state index in [0.717, 1.165) is 0 Å². The molecule has 0 atom stereocenters. The van der Waals surface area contributed by atoms with E-state index in [-0.39, 0.29) is 11.7 Å². The fourth-order valence-electron chi connectivity index (χ4n) is 1.51. The number of rotatable bonds is 3. The van der Waals surface area contributed by atoms with Gasteiger partial charge in [-0.15, -0.1) is 12.3 Å². The smallest absolute Gasteiger partial charge is 0.0265 e. The summed E-state index contributed by atoms with van der Waals surface area (Å²) in [5.74, 6) is 1.06. The third kappa shape index (κ3) is 2.42. The summed E-state index contributed by atoms with van der Waals surface area (Å²) in [6, 6.07) is 0. The van der Waals surface area contributed by atoms with E-state index in [0.29, 0.717) is 11.8 Å². The lowest BCUT2D eigenvalue weighted by molar-refractivity contribution is -0.318. The highest BCUT2D eigenvalue weighted by atomic mass is 16.3. The van der Waals surface area contributed by atoms with E-state index >= 15 is 0 Å². The first-order chi connectivity index (χ1) is 4.46. The topological polar surface area (TPSA) is 23.1 Å². The zero-order valence-corrected chi connectivity index (χ0v) is 7.35. The zero-order valence-electron chi connectivity index (χ0n) is 7.35. The second-order valence-electron chi connectivity index (χ2n) is 3.48. The van der Waals surface area contributed by atoms with Gasteiger partial charge >= 0.3 is 0 Å². The minimum absolute atomic E-state index is 0.0741. The normalized spacial score (nSPS) is 11.5. The first-order valence-corrected chi connectivity index (χ1v) is 3.82. The van der Waals surface area contributed by atoms with Crippen LogP contribution in [0.1, 0.15) is 27.7 Å². The molecule has 0 saturated carbocycles. The highest BCUT2D eigenvalue weighted by Gasteiger charge is 2.14. The van der Waals surface area contributed by atoms with Crippen LogP contribution in [0.25, 0.3) is 0 Å². The summed E-state index contributed by atoms with van der Waals surface area (Å²) in [5, 5.41) is 10.9. The molecule has 0 fully saturated rings. The number of hydrogen-bond acceptors (Lipinski definition) is 1. The molecule has 0 aliphatic rings. The average Bonchev–Trinajstić information content (AvgIpc) is 1.59. The van der Waals surface area contributed by atoms with E-state index in [9.17, 15) is 5.11 Å². The Labute approximate surface area is 63.8 Å². The molecule has 0 bridgehead atoms. The van der Waals surface area contributed by atoms with Crippen molar-refractivity contribution in [1.29, 1.82) is 0 Å². The molecular weight excluding hydrogens is 124 g/mol. The standard InChI is InChI=1S/C9H18O/c1-6(2)9(7(3)4)8(5)10/h6-7,9-10H,5H2,1-4H3/p-1. The summed E-state index contributed by atoms with van der Waals surface area (Å²) < 4.78 is 0. The van der Waals surface area contributed by atoms with Crippen molar-refractivity contribution in [1.82, 2.24) is 0 Å². The van der Waals surface area contributed by atoms with Crippen LogP contribution in [0.2, 0.25) is 0 Å².